The fraction of sp³-hybridized carbons (Fsp3) is 0.500. The van der Waals surface area contributed by atoms with E-state index in [-0.39, 0.29) is 12.8 Å². The maximum atomic E-state index is 13.7. The second-order valence-corrected chi connectivity index (χ2v) is 8.59. The largest absolute Gasteiger partial charge is 0.394 e. The van der Waals surface area contributed by atoms with Crippen molar-refractivity contribution >= 4 is 0 Å². The number of benzene rings is 2. The molecular weight excluding hydrogens is 460 g/mol. The number of hydrogen-bond donors (Lipinski definition) is 6. The van der Waals surface area contributed by atoms with Gasteiger partial charge in [0.15, 0.2) is 23.3 Å². The van der Waals surface area contributed by atoms with Crippen molar-refractivity contribution in [2.75, 3.05) is 6.61 Å². The summed E-state index contributed by atoms with van der Waals surface area (Å²) < 4.78 is 53.7. The summed E-state index contributed by atoms with van der Waals surface area (Å²) in [7, 11) is 0. The van der Waals surface area contributed by atoms with E-state index in [1.165, 1.54) is 12.1 Å². The van der Waals surface area contributed by atoms with Gasteiger partial charge in [0.2, 0.25) is 0 Å². The number of hydrogen-bond acceptors (Lipinski definition) is 6. The van der Waals surface area contributed by atoms with Crippen molar-refractivity contribution in [1.82, 2.24) is 0 Å². The third-order valence-corrected chi connectivity index (χ3v) is 6.13. The van der Waals surface area contributed by atoms with Crippen LogP contribution in [0.3, 0.4) is 0 Å². The third-order valence-electron chi connectivity index (χ3n) is 6.13. The molecule has 0 saturated heterocycles. The smallest absolute Gasteiger partial charge is 0.159 e. The van der Waals surface area contributed by atoms with Crippen LogP contribution in [0.2, 0.25) is 0 Å². The molecule has 2 rings (SSSR count). The second-order valence-electron chi connectivity index (χ2n) is 8.59. The lowest BCUT2D eigenvalue weighted by Gasteiger charge is -2.35. The van der Waals surface area contributed by atoms with E-state index in [4.69, 9.17) is 5.11 Å². The van der Waals surface area contributed by atoms with Gasteiger partial charge in [0.1, 0.15) is 24.4 Å². The molecule has 0 aliphatic rings. The standard InChI is InChI=1S/C24H30F4O6/c1-12(2-3-13-4-6-16(25)18(27)9-13)15(8-14-5-7-17(26)19(28)10-14)21(31)23(33)24(34)22(32)20(30)11-29/h4-7,9-10,12,15,20-24,29-34H,2-3,8,11H2,1H3/t12?,15?,20-,21?,22+,23+,24-/m0/s1. The summed E-state index contributed by atoms with van der Waals surface area (Å²) >= 11 is 0. The van der Waals surface area contributed by atoms with E-state index in [1.54, 1.807) is 6.92 Å². The number of aliphatic hydroxyl groups is 6. The number of aryl methyl sites for hydroxylation is 1. The molecule has 190 valence electrons. The third kappa shape index (κ3) is 7.21. The highest BCUT2D eigenvalue weighted by Crippen LogP contribution is 2.29. The van der Waals surface area contributed by atoms with Crippen LogP contribution < -0.4 is 0 Å². The molecule has 2 aromatic carbocycles. The van der Waals surface area contributed by atoms with E-state index in [0.717, 1.165) is 24.3 Å². The van der Waals surface area contributed by atoms with Gasteiger partial charge in [0, 0.05) is 0 Å². The fourth-order valence-corrected chi connectivity index (χ4v) is 3.89. The average Bonchev–Trinajstić information content (AvgIpc) is 2.82. The molecule has 0 bridgehead atoms. The van der Waals surface area contributed by atoms with Gasteiger partial charge < -0.3 is 30.6 Å². The Morgan fingerprint density at radius 3 is 1.71 bits per heavy atom. The molecule has 0 aromatic heterocycles. The van der Waals surface area contributed by atoms with Crippen molar-refractivity contribution in [2.45, 2.75) is 56.7 Å². The summed E-state index contributed by atoms with van der Waals surface area (Å²) in [5.41, 5.74) is 0.772. The van der Waals surface area contributed by atoms with Gasteiger partial charge >= 0.3 is 0 Å². The van der Waals surface area contributed by atoms with Crippen LogP contribution in [-0.4, -0.2) is 67.8 Å². The van der Waals surface area contributed by atoms with Crippen LogP contribution >= 0.6 is 0 Å². The van der Waals surface area contributed by atoms with Gasteiger partial charge in [-0.3, -0.25) is 0 Å². The normalized spacial score (nSPS) is 18.1. The Labute approximate surface area is 194 Å². The minimum atomic E-state index is -2.03. The predicted molar refractivity (Wildman–Crippen MR) is 115 cm³/mol. The molecule has 3 unspecified atom stereocenters. The first kappa shape index (κ1) is 28.2. The van der Waals surface area contributed by atoms with Crippen LogP contribution in [0.4, 0.5) is 17.6 Å². The lowest BCUT2D eigenvalue weighted by Crippen LogP contribution is -2.52. The summed E-state index contributed by atoms with van der Waals surface area (Å²) in [5, 5.41) is 59.9. The highest BCUT2D eigenvalue weighted by atomic mass is 19.2. The first-order valence-electron chi connectivity index (χ1n) is 10.8. The van der Waals surface area contributed by atoms with Crippen LogP contribution in [0.1, 0.15) is 24.5 Å². The van der Waals surface area contributed by atoms with E-state index < -0.39 is 72.2 Å². The first-order chi connectivity index (χ1) is 16.0. The van der Waals surface area contributed by atoms with E-state index in [1.807, 2.05) is 0 Å². The molecule has 0 spiro atoms. The Bertz CT molecular complexity index is 930. The quantitative estimate of drug-likeness (QED) is 0.251. The van der Waals surface area contributed by atoms with Gasteiger partial charge in [-0.15, -0.1) is 0 Å². The van der Waals surface area contributed by atoms with Crippen LogP contribution in [0, 0.1) is 35.1 Å². The van der Waals surface area contributed by atoms with Gasteiger partial charge in [-0.25, -0.2) is 17.6 Å². The second kappa shape index (κ2) is 12.6. The molecule has 6 N–H and O–H groups in total. The predicted octanol–water partition coefficient (Wildman–Crippen LogP) is 1.47. The number of rotatable bonds is 12. The Morgan fingerprint density at radius 2 is 1.18 bits per heavy atom. The van der Waals surface area contributed by atoms with Crippen molar-refractivity contribution in [1.29, 1.82) is 0 Å². The highest BCUT2D eigenvalue weighted by molar-refractivity contribution is 5.20. The van der Waals surface area contributed by atoms with Crippen LogP contribution in [-0.2, 0) is 12.8 Å². The Hall–Kier alpha value is -2.08. The molecule has 0 aliphatic heterocycles. The van der Waals surface area contributed by atoms with Crippen molar-refractivity contribution in [3.8, 4) is 0 Å². The van der Waals surface area contributed by atoms with E-state index in [9.17, 15) is 43.1 Å². The molecule has 0 radical (unpaired) electrons. The summed E-state index contributed by atoms with van der Waals surface area (Å²) in [4.78, 5) is 0. The zero-order valence-corrected chi connectivity index (χ0v) is 18.5. The van der Waals surface area contributed by atoms with Crippen molar-refractivity contribution in [3.05, 3.63) is 70.8 Å². The van der Waals surface area contributed by atoms with Crippen molar-refractivity contribution in [3.63, 3.8) is 0 Å². The van der Waals surface area contributed by atoms with Crippen LogP contribution in [0.25, 0.3) is 0 Å². The van der Waals surface area contributed by atoms with Gasteiger partial charge in [-0.2, -0.15) is 0 Å². The van der Waals surface area contributed by atoms with Gasteiger partial charge in [0.05, 0.1) is 12.7 Å². The minimum absolute atomic E-state index is 0.0558. The molecule has 10 heteroatoms. The van der Waals surface area contributed by atoms with Gasteiger partial charge in [-0.05, 0) is 66.5 Å². The molecule has 0 heterocycles. The Kier molecular flexibility index (Phi) is 10.4. The monoisotopic (exact) mass is 490 g/mol. The van der Waals surface area contributed by atoms with Crippen LogP contribution in [0.15, 0.2) is 36.4 Å². The maximum absolute atomic E-state index is 13.7. The Morgan fingerprint density at radius 1 is 0.676 bits per heavy atom. The topological polar surface area (TPSA) is 121 Å². The SMILES string of the molecule is CC(CCc1ccc(F)c(F)c1)C(Cc1ccc(F)c(F)c1)C(O)[C@@H](O)[C@@H](O)[C@H](O)[C@@H](O)CO. The fourth-order valence-electron chi connectivity index (χ4n) is 3.89. The lowest BCUT2D eigenvalue weighted by atomic mass is 9.77. The molecule has 34 heavy (non-hydrogen) atoms. The molecule has 0 saturated carbocycles. The number of halogens is 4. The molecular formula is C24H30F4O6. The zero-order valence-electron chi connectivity index (χ0n) is 18.5. The average molecular weight is 490 g/mol. The number of aliphatic hydroxyl groups excluding tert-OH is 6. The molecule has 2 aromatic rings. The summed E-state index contributed by atoms with van der Waals surface area (Å²) in [6.07, 6.45) is -8.89. The maximum Gasteiger partial charge on any atom is 0.159 e. The lowest BCUT2D eigenvalue weighted by molar-refractivity contribution is -0.152. The van der Waals surface area contributed by atoms with Crippen LogP contribution in [0.5, 0.6) is 0 Å². The molecule has 0 fully saturated rings. The highest BCUT2D eigenvalue weighted by Gasteiger charge is 2.39. The zero-order chi connectivity index (χ0) is 25.6. The molecule has 0 amide bonds. The molecule has 7 atom stereocenters. The van der Waals surface area contributed by atoms with Gasteiger partial charge in [0.25, 0.3) is 0 Å². The van der Waals surface area contributed by atoms with Crippen molar-refractivity contribution in [2.24, 2.45) is 11.8 Å². The Balaban J connectivity index is 2.24. The van der Waals surface area contributed by atoms with Gasteiger partial charge in [-0.1, -0.05) is 19.1 Å². The minimum Gasteiger partial charge on any atom is -0.394 e. The summed E-state index contributed by atoms with van der Waals surface area (Å²) in [6.45, 7) is 0.787. The van der Waals surface area contributed by atoms with E-state index in [2.05, 4.69) is 0 Å². The van der Waals surface area contributed by atoms with E-state index in [0.29, 0.717) is 17.5 Å². The van der Waals surface area contributed by atoms with E-state index >= 15 is 0 Å². The molecule has 6 nitrogen and oxygen atoms in total. The summed E-state index contributed by atoms with van der Waals surface area (Å²) in [6, 6.07) is 6.56. The van der Waals surface area contributed by atoms with Crippen molar-refractivity contribution < 1.29 is 48.2 Å². The summed E-state index contributed by atoms with van der Waals surface area (Å²) in [5.74, 6) is -5.50. The first-order valence-corrected chi connectivity index (χ1v) is 10.8. The molecule has 0 aliphatic carbocycles.